The number of hydrogen-bond acceptors (Lipinski definition) is 3. The van der Waals surface area contributed by atoms with E-state index in [9.17, 15) is 0 Å². The minimum Gasteiger partial charge on any atom is -0.314 e. The fraction of sp³-hybridized carbons (Fsp3) is 0.350. The Kier molecular flexibility index (Phi) is 3.88. The van der Waals surface area contributed by atoms with Crippen molar-refractivity contribution < 1.29 is 0 Å². The van der Waals surface area contributed by atoms with Gasteiger partial charge in [0.2, 0.25) is 0 Å². The van der Waals surface area contributed by atoms with Crippen molar-refractivity contribution in [2.75, 3.05) is 13.1 Å². The van der Waals surface area contributed by atoms with Crippen molar-refractivity contribution >= 4 is 21.6 Å². The normalized spacial score (nSPS) is 23.4. The van der Waals surface area contributed by atoms with Crippen LogP contribution in [-0.4, -0.2) is 39.5 Å². The highest BCUT2D eigenvalue weighted by Gasteiger charge is 2.37. The van der Waals surface area contributed by atoms with Crippen molar-refractivity contribution in [2.45, 2.75) is 31.5 Å². The minimum atomic E-state index is 0.658. The number of rotatable bonds is 3. The van der Waals surface area contributed by atoms with Crippen molar-refractivity contribution in [3.63, 3.8) is 0 Å². The maximum atomic E-state index is 4.95. The highest BCUT2D eigenvalue weighted by Crippen LogP contribution is 2.32. The summed E-state index contributed by atoms with van der Waals surface area (Å²) < 4.78 is 3.36. The molecule has 1 N–H and O–H groups in total. The van der Waals surface area contributed by atoms with Gasteiger partial charge in [-0.05, 0) is 37.1 Å². The second-order valence-corrected chi connectivity index (χ2v) is 7.97. The van der Waals surface area contributed by atoms with E-state index in [1.165, 1.54) is 24.1 Å². The number of imidazole rings is 1. The molecule has 0 radical (unpaired) electrons. The lowest BCUT2D eigenvalue weighted by Crippen LogP contribution is -2.51. The number of nitrogens with zero attached hydrogens (tertiary/aromatic N) is 3. The van der Waals surface area contributed by atoms with Gasteiger partial charge >= 0.3 is 0 Å². The summed E-state index contributed by atoms with van der Waals surface area (Å²) in [5.41, 5.74) is 4.62. The molecule has 2 unspecified atom stereocenters. The molecule has 2 aliphatic rings. The van der Waals surface area contributed by atoms with Crippen LogP contribution in [0.3, 0.4) is 0 Å². The van der Waals surface area contributed by atoms with E-state index in [1.54, 1.807) is 0 Å². The Morgan fingerprint density at radius 3 is 2.56 bits per heavy atom. The lowest BCUT2D eigenvalue weighted by molar-refractivity contribution is 0.143. The third kappa shape index (κ3) is 2.71. The maximum Gasteiger partial charge on any atom is 0.137 e. The Balaban J connectivity index is 1.60. The van der Waals surface area contributed by atoms with E-state index in [0.29, 0.717) is 12.1 Å². The van der Waals surface area contributed by atoms with Crippen LogP contribution in [0.2, 0.25) is 0 Å². The third-order valence-electron chi connectivity index (χ3n) is 5.61. The molecule has 2 aromatic heterocycles. The Bertz CT molecular complexity index is 886. The number of benzene rings is 1. The van der Waals surface area contributed by atoms with Crippen molar-refractivity contribution in [1.29, 1.82) is 0 Å². The van der Waals surface area contributed by atoms with Gasteiger partial charge in [0.25, 0.3) is 0 Å². The molecule has 25 heavy (non-hydrogen) atoms. The molecule has 0 aliphatic carbocycles. The van der Waals surface area contributed by atoms with Crippen LogP contribution in [0.15, 0.2) is 53.1 Å². The lowest BCUT2D eigenvalue weighted by atomic mass is 10.1. The first-order valence-corrected chi connectivity index (χ1v) is 9.77. The summed E-state index contributed by atoms with van der Waals surface area (Å²) in [6.45, 7) is 3.19. The van der Waals surface area contributed by atoms with Gasteiger partial charge in [-0.3, -0.25) is 4.90 Å². The highest BCUT2D eigenvalue weighted by molar-refractivity contribution is 9.10. The van der Waals surface area contributed by atoms with E-state index in [2.05, 4.69) is 79.2 Å². The van der Waals surface area contributed by atoms with Crippen LogP contribution in [0.25, 0.3) is 16.9 Å². The molecule has 5 heteroatoms. The molecular formula is C20H21BrN4. The molecule has 0 spiro atoms. The predicted octanol–water partition coefficient (Wildman–Crippen LogP) is 3.70. The van der Waals surface area contributed by atoms with Crippen molar-refractivity contribution in [2.24, 2.45) is 0 Å². The van der Waals surface area contributed by atoms with E-state index < -0.39 is 0 Å². The molecule has 2 atom stereocenters. The molecule has 3 aromatic rings. The molecule has 2 fully saturated rings. The summed E-state index contributed by atoms with van der Waals surface area (Å²) >= 11 is 3.53. The van der Waals surface area contributed by atoms with Gasteiger partial charge in [-0.15, -0.1) is 0 Å². The van der Waals surface area contributed by atoms with E-state index >= 15 is 0 Å². The first-order chi connectivity index (χ1) is 12.3. The molecule has 2 bridgehead atoms. The van der Waals surface area contributed by atoms with Crippen molar-refractivity contribution in [3.8, 4) is 11.3 Å². The first-order valence-electron chi connectivity index (χ1n) is 8.98. The van der Waals surface area contributed by atoms with E-state index in [4.69, 9.17) is 4.98 Å². The number of hydrogen-bond donors (Lipinski definition) is 1. The topological polar surface area (TPSA) is 32.6 Å². The molecule has 1 aromatic carbocycles. The average molecular weight is 397 g/mol. The Hall–Kier alpha value is -1.69. The summed E-state index contributed by atoms with van der Waals surface area (Å²) in [5.74, 6) is 0. The summed E-state index contributed by atoms with van der Waals surface area (Å²) in [4.78, 5) is 7.64. The van der Waals surface area contributed by atoms with Crippen LogP contribution in [0.4, 0.5) is 0 Å². The maximum absolute atomic E-state index is 4.95. The molecular weight excluding hydrogens is 376 g/mol. The van der Waals surface area contributed by atoms with Gasteiger partial charge in [-0.25, -0.2) is 4.98 Å². The van der Waals surface area contributed by atoms with Crippen LogP contribution < -0.4 is 5.32 Å². The standard InChI is InChI=1S/C20H21BrN4/c21-15-6-4-14(5-7-15)20-18(24-10-2-1-3-19(24)23-20)13-25-16-8-9-17(25)12-22-11-16/h1-7,10,16-17,22H,8-9,11-13H2. The number of nitrogens with one attached hydrogen (secondary N) is 1. The Labute approximate surface area is 156 Å². The zero-order chi connectivity index (χ0) is 16.8. The van der Waals surface area contributed by atoms with E-state index in [0.717, 1.165) is 35.4 Å². The molecule has 4 heterocycles. The number of piperazine rings is 1. The van der Waals surface area contributed by atoms with Crippen molar-refractivity contribution in [1.82, 2.24) is 19.6 Å². The number of halogens is 1. The van der Waals surface area contributed by atoms with Crippen LogP contribution in [0, 0.1) is 0 Å². The van der Waals surface area contributed by atoms with Crippen molar-refractivity contribution in [3.05, 3.63) is 58.8 Å². The highest BCUT2D eigenvalue weighted by atomic mass is 79.9. The third-order valence-corrected chi connectivity index (χ3v) is 6.14. The minimum absolute atomic E-state index is 0.658. The summed E-state index contributed by atoms with van der Waals surface area (Å²) in [6, 6.07) is 16.1. The average Bonchev–Trinajstić information content (AvgIpc) is 3.09. The monoisotopic (exact) mass is 396 g/mol. The van der Waals surface area contributed by atoms with Gasteiger partial charge in [0.15, 0.2) is 0 Å². The van der Waals surface area contributed by atoms with Crippen LogP contribution in [0.5, 0.6) is 0 Å². The SMILES string of the molecule is Brc1ccc(-c2nc3ccccn3c2CN2C3CCC2CNC3)cc1. The van der Waals surface area contributed by atoms with Crippen LogP contribution in [0.1, 0.15) is 18.5 Å². The van der Waals surface area contributed by atoms with Crippen LogP contribution >= 0.6 is 15.9 Å². The molecule has 0 saturated carbocycles. The first kappa shape index (κ1) is 15.6. The summed E-state index contributed by atoms with van der Waals surface area (Å²) in [7, 11) is 0. The molecule has 128 valence electrons. The van der Waals surface area contributed by atoms with Gasteiger partial charge < -0.3 is 9.72 Å². The van der Waals surface area contributed by atoms with Gasteiger partial charge in [0.05, 0.1) is 11.4 Å². The van der Waals surface area contributed by atoms with Gasteiger partial charge in [-0.2, -0.15) is 0 Å². The van der Waals surface area contributed by atoms with Crippen LogP contribution in [-0.2, 0) is 6.54 Å². The lowest BCUT2D eigenvalue weighted by Gasteiger charge is -2.35. The Morgan fingerprint density at radius 1 is 1.04 bits per heavy atom. The van der Waals surface area contributed by atoms with Gasteiger partial charge in [0.1, 0.15) is 5.65 Å². The number of aromatic nitrogens is 2. The van der Waals surface area contributed by atoms with E-state index in [1.807, 2.05) is 0 Å². The number of fused-ring (bicyclic) bond motifs is 3. The zero-order valence-corrected chi connectivity index (χ0v) is 15.6. The second kappa shape index (κ2) is 6.24. The largest absolute Gasteiger partial charge is 0.314 e. The number of pyridine rings is 1. The van der Waals surface area contributed by atoms with Gasteiger partial charge in [0, 0.05) is 48.0 Å². The molecule has 4 nitrogen and oxygen atoms in total. The summed E-state index contributed by atoms with van der Waals surface area (Å²) in [5, 5.41) is 3.58. The molecule has 2 aliphatic heterocycles. The Morgan fingerprint density at radius 2 is 1.80 bits per heavy atom. The van der Waals surface area contributed by atoms with Gasteiger partial charge in [-0.1, -0.05) is 34.1 Å². The van der Waals surface area contributed by atoms with E-state index in [-0.39, 0.29) is 0 Å². The predicted molar refractivity (Wildman–Crippen MR) is 104 cm³/mol. The molecule has 0 amide bonds. The smallest absolute Gasteiger partial charge is 0.137 e. The quantitative estimate of drug-likeness (QED) is 0.732. The molecule has 2 saturated heterocycles. The fourth-order valence-corrected chi connectivity index (χ4v) is 4.60. The molecule has 5 rings (SSSR count). The zero-order valence-electron chi connectivity index (χ0n) is 14.0. The summed E-state index contributed by atoms with van der Waals surface area (Å²) in [6.07, 6.45) is 4.76. The fourth-order valence-electron chi connectivity index (χ4n) is 4.34. The second-order valence-electron chi connectivity index (χ2n) is 7.06.